The van der Waals surface area contributed by atoms with E-state index in [1.165, 1.54) is 0 Å². The number of hydrogen-bond donors (Lipinski definition) is 1. The van der Waals surface area contributed by atoms with Crippen LogP contribution < -0.4 is 10.1 Å². The molecule has 1 heterocycles. The fourth-order valence-corrected chi connectivity index (χ4v) is 2.86. The van der Waals surface area contributed by atoms with Gasteiger partial charge in [-0.05, 0) is 35.4 Å². The molecule has 0 saturated heterocycles. The van der Waals surface area contributed by atoms with Crippen molar-refractivity contribution in [3.63, 3.8) is 0 Å². The first-order valence-corrected chi connectivity index (χ1v) is 7.69. The number of benzene rings is 2. The van der Waals surface area contributed by atoms with Gasteiger partial charge in [0.1, 0.15) is 5.75 Å². The molecule has 0 fully saturated rings. The van der Waals surface area contributed by atoms with Crippen molar-refractivity contribution in [3.8, 4) is 29.0 Å². The van der Waals surface area contributed by atoms with Crippen LogP contribution in [0.5, 0.6) is 5.75 Å². The molecule has 1 aliphatic rings. The van der Waals surface area contributed by atoms with Crippen LogP contribution in [0, 0.1) is 22.7 Å². The Kier molecular flexibility index (Phi) is 6.21. The highest BCUT2D eigenvalue weighted by Crippen LogP contribution is 2.35. The minimum Gasteiger partial charge on any atom is -0.493 e. The summed E-state index contributed by atoms with van der Waals surface area (Å²) >= 11 is 0. The van der Waals surface area contributed by atoms with Crippen molar-refractivity contribution in [3.05, 3.63) is 53.6 Å². The fraction of sp³-hybridized carbons (Fsp3) is 0.263. The number of halogens is 1. The second kappa shape index (κ2) is 8.36. The van der Waals surface area contributed by atoms with E-state index in [-0.39, 0.29) is 18.4 Å². The molecule has 1 aliphatic heterocycles. The van der Waals surface area contributed by atoms with Crippen LogP contribution in [0.25, 0.3) is 11.1 Å². The Morgan fingerprint density at radius 3 is 2.75 bits per heavy atom. The minimum absolute atomic E-state index is 0. The molecule has 3 rings (SSSR count). The second-order valence-corrected chi connectivity index (χ2v) is 5.50. The molecule has 5 heteroatoms. The van der Waals surface area contributed by atoms with Crippen LogP contribution in [0.3, 0.4) is 0 Å². The van der Waals surface area contributed by atoms with Gasteiger partial charge in [-0.2, -0.15) is 10.5 Å². The van der Waals surface area contributed by atoms with Crippen molar-refractivity contribution < 1.29 is 4.74 Å². The van der Waals surface area contributed by atoms with Crippen molar-refractivity contribution in [2.75, 3.05) is 13.2 Å². The van der Waals surface area contributed by atoms with Gasteiger partial charge in [0.2, 0.25) is 0 Å². The Labute approximate surface area is 148 Å². The monoisotopic (exact) mass is 339 g/mol. The molecule has 0 saturated carbocycles. The molecule has 2 aromatic carbocycles. The molecule has 0 radical (unpaired) electrons. The predicted molar refractivity (Wildman–Crippen MR) is 94.9 cm³/mol. The summed E-state index contributed by atoms with van der Waals surface area (Å²) in [6.45, 7) is 1.36. The van der Waals surface area contributed by atoms with Crippen LogP contribution in [-0.2, 0) is 0 Å². The maximum atomic E-state index is 9.06. The van der Waals surface area contributed by atoms with E-state index in [1.54, 1.807) is 6.07 Å². The van der Waals surface area contributed by atoms with Crippen molar-refractivity contribution >= 4 is 12.4 Å². The van der Waals surface area contributed by atoms with Gasteiger partial charge in [0.15, 0.2) is 0 Å². The Morgan fingerprint density at radius 2 is 1.96 bits per heavy atom. The molecule has 24 heavy (non-hydrogen) atoms. The normalized spacial score (nSPS) is 15.2. The molecule has 1 atom stereocenters. The lowest BCUT2D eigenvalue weighted by atomic mass is 9.95. The number of ether oxygens (including phenoxy) is 1. The van der Waals surface area contributed by atoms with Gasteiger partial charge in [-0.15, -0.1) is 12.4 Å². The summed E-state index contributed by atoms with van der Waals surface area (Å²) in [4.78, 5) is 0. The maximum Gasteiger partial charge on any atom is 0.124 e. The van der Waals surface area contributed by atoms with Crippen LogP contribution in [0.2, 0.25) is 0 Å². The van der Waals surface area contributed by atoms with Gasteiger partial charge in [-0.3, -0.25) is 0 Å². The molecule has 0 amide bonds. The van der Waals surface area contributed by atoms with Gasteiger partial charge in [0, 0.05) is 31.0 Å². The van der Waals surface area contributed by atoms with Crippen LogP contribution >= 0.6 is 12.4 Å². The summed E-state index contributed by atoms with van der Waals surface area (Å²) in [7, 11) is 0. The van der Waals surface area contributed by atoms with Gasteiger partial charge in [-0.25, -0.2) is 0 Å². The van der Waals surface area contributed by atoms with Gasteiger partial charge >= 0.3 is 0 Å². The highest BCUT2D eigenvalue weighted by molar-refractivity contribution is 5.85. The van der Waals surface area contributed by atoms with E-state index in [0.29, 0.717) is 25.1 Å². The van der Waals surface area contributed by atoms with Crippen LogP contribution in [0.1, 0.15) is 30.0 Å². The highest BCUT2D eigenvalue weighted by atomic mass is 35.5. The number of rotatable bonds is 4. The standard InChI is InChI=1S/C19H17N3O.ClH/c20-8-2-9-22-18-7-10-23-19-6-5-16(12-17(18)19)15-4-1-3-14(11-15)13-21;/h1,3-6,11-12,18,22H,2,7,9-10H2;1H. The van der Waals surface area contributed by atoms with Crippen LogP contribution in [-0.4, -0.2) is 13.2 Å². The SMILES string of the molecule is Cl.N#CCCNC1CCOc2ccc(-c3cccc(C#N)c3)cc21. The predicted octanol–water partition coefficient (Wildman–Crippen LogP) is 3.97. The van der Waals surface area contributed by atoms with Gasteiger partial charge in [-0.1, -0.05) is 18.2 Å². The van der Waals surface area contributed by atoms with E-state index in [0.717, 1.165) is 28.9 Å². The van der Waals surface area contributed by atoms with E-state index < -0.39 is 0 Å². The molecule has 1 unspecified atom stereocenters. The Hall–Kier alpha value is -2.53. The maximum absolute atomic E-state index is 9.06. The fourth-order valence-electron chi connectivity index (χ4n) is 2.86. The van der Waals surface area contributed by atoms with E-state index in [9.17, 15) is 0 Å². The summed E-state index contributed by atoms with van der Waals surface area (Å²) < 4.78 is 5.74. The molecule has 0 aromatic heterocycles. The Balaban J connectivity index is 0.00000208. The third kappa shape index (κ3) is 3.86. The number of nitrogens with one attached hydrogen (secondary N) is 1. The van der Waals surface area contributed by atoms with E-state index in [1.807, 2.05) is 30.3 Å². The summed E-state index contributed by atoms with van der Waals surface area (Å²) in [6, 6.07) is 18.3. The summed E-state index contributed by atoms with van der Waals surface area (Å²) in [5.74, 6) is 0.894. The van der Waals surface area contributed by atoms with E-state index in [2.05, 4.69) is 23.5 Å². The van der Waals surface area contributed by atoms with Crippen molar-refractivity contribution in [2.24, 2.45) is 0 Å². The van der Waals surface area contributed by atoms with E-state index >= 15 is 0 Å². The number of hydrogen-bond acceptors (Lipinski definition) is 4. The van der Waals surface area contributed by atoms with Gasteiger partial charge in [0.05, 0.1) is 24.3 Å². The first-order chi connectivity index (χ1) is 11.3. The van der Waals surface area contributed by atoms with Gasteiger partial charge < -0.3 is 10.1 Å². The minimum atomic E-state index is 0. The molecule has 0 aliphatic carbocycles. The molecular formula is C19H18ClN3O. The molecule has 2 aromatic rings. The average Bonchev–Trinajstić information content (AvgIpc) is 2.62. The van der Waals surface area contributed by atoms with Crippen molar-refractivity contribution in [1.82, 2.24) is 5.32 Å². The molecule has 0 spiro atoms. The Bertz CT molecular complexity index is 792. The summed E-state index contributed by atoms with van der Waals surface area (Å²) in [5, 5.41) is 21.2. The first-order valence-electron chi connectivity index (χ1n) is 7.69. The molecule has 1 N–H and O–H groups in total. The third-order valence-corrected chi connectivity index (χ3v) is 4.00. The number of nitriles is 2. The van der Waals surface area contributed by atoms with Crippen molar-refractivity contribution in [2.45, 2.75) is 18.9 Å². The lowest BCUT2D eigenvalue weighted by Gasteiger charge is -2.27. The average molecular weight is 340 g/mol. The summed E-state index contributed by atoms with van der Waals surface area (Å²) in [6.07, 6.45) is 1.39. The third-order valence-electron chi connectivity index (χ3n) is 4.00. The van der Waals surface area contributed by atoms with Crippen LogP contribution in [0.4, 0.5) is 0 Å². The lowest BCUT2D eigenvalue weighted by Crippen LogP contribution is -2.27. The largest absolute Gasteiger partial charge is 0.493 e. The second-order valence-electron chi connectivity index (χ2n) is 5.50. The zero-order valence-electron chi connectivity index (χ0n) is 13.2. The number of nitrogens with zero attached hydrogens (tertiary/aromatic N) is 2. The lowest BCUT2D eigenvalue weighted by molar-refractivity contribution is 0.253. The zero-order chi connectivity index (χ0) is 16.1. The topological polar surface area (TPSA) is 68.8 Å². The van der Waals surface area contributed by atoms with E-state index in [4.69, 9.17) is 15.3 Å². The highest BCUT2D eigenvalue weighted by Gasteiger charge is 2.21. The Morgan fingerprint density at radius 1 is 1.12 bits per heavy atom. The number of fused-ring (bicyclic) bond motifs is 1. The molecule has 0 bridgehead atoms. The smallest absolute Gasteiger partial charge is 0.124 e. The van der Waals surface area contributed by atoms with Crippen LogP contribution in [0.15, 0.2) is 42.5 Å². The molecular weight excluding hydrogens is 322 g/mol. The zero-order valence-corrected chi connectivity index (χ0v) is 14.0. The van der Waals surface area contributed by atoms with Gasteiger partial charge in [0.25, 0.3) is 0 Å². The summed E-state index contributed by atoms with van der Waals surface area (Å²) in [5.41, 5.74) is 3.86. The quantitative estimate of drug-likeness (QED) is 0.855. The molecule has 122 valence electrons. The van der Waals surface area contributed by atoms with Crippen molar-refractivity contribution in [1.29, 1.82) is 10.5 Å². The molecule has 4 nitrogen and oxygen atoms in total. The first kappa shape index (κ1) is 17.8.